The van der Waals surface area contributed by atoms with Crippen molar-refractivity contribution < 1.29 is 0 Å². The van der Waals surface area contributed by atoms with Gasteiger partial charge in [-0.25, -0.2) is 4.98 Å². The topological polar surface area (TPSA) is 16.1 Å². The summed E-state index contributed by atoms with van der Waals surface area (Å²) in [5.41, 5.74) is 1.26. The molecule has 0 amide bonds. The van der Waals surface area contributed by atoms with Crippen LogP contribution in [0.5, 0.6) is 0 Å². The van der Waals surface area contributed by atoms with Crippen LogP contribution >= 0.6 is 15.9 Å². The Morgan fingerprint density at radius 3 is 2.93 bits per heavy atom. The first-order valence-corrected chi connectivity index (χ1v) is 5.86. The molecule has 2 nitrogen and oxygen atoms in total. The third-order valence-electron chi connectivity index (χ3n) is 2.88. The molecular formula is C11H15BrN2. The lowest BCUT2D eigenvalue weighted by Gasteiger charge is -2.22. The van der Waals surface area contributed by atoms with Crippen molar-refractivity contribution in [2.45, 2.75) is 32.7 Å². The summed E-state index contributed by atoms with van der Waals surface area (Å²) in [5, 5.41) is 0. The van der Waals surface area contributed by atoms with Crippen molar-refractivity contribution in [3.63, 3.8) is 0 Å². The van der Waals surface area contributed by atoms with Crippen LogP contribution in [-0.4, -0.2) is 17.6 Å². The minimum Gasteiger partial charge on any atom is -0.354 e. The van der Waals surface area contributed by atoms with E-state index in [1.54, 1.807) is 0 Å². The molecule has 0 radical (unpaired) electrons. The van der Waals surface area contributed by atoms with Gasteiger partial charge in [-0.2, -0.15) is 0 Å². The highest BCUT2D eigenvalue weighted by Crippen LogP contribution is 2.26. The lowest BCUT2D eigenvalue weighted by Crippen LogP contribution is -2.27. The van der Waals surface area contributed by atoms with Gasteiger partial charge in [-0.15, -0.1) is 0 Å². The fourth-order valence-electron chi connectivity index (χ4n) is 1.96. The first-order chi connectivity index (χ1) is 6.68. The van der Waals surface area contributed by atoms with Crippen molar-refractivity contribution in [1.82, 2.24) is 4.98 Å². The monoisotopic (exact) mass is 254 g/mol. The Kier molecular flexibility index (Phi) is 2.77. The average molecular weight is 255 g/mol. The predicted molar refractivity (Wildman–Crippen MR) is 62.7 cm³/mol. The number of anilines is 1. The molecule has 1 aliphatic heterocycles. The van der Waals surface area contributed by atoms with Gasteiger partial charge in [0.25, 0.3) is 0 Å². The number of aromatic nitrogens is 1. The van der Waals surface area contributed by atoms with Crippen LogP contribution in [0.25, 0.3) is 0 Å². The van der Waals surface area contributed by atoms with Gasteiger partial charge in [0.05, 0.1) is 0 Å². The summed E-state index contributed by atoms with van der Waals surface area (Å²) in [6, 6.07) is 2.80. The highest BCUT2D eigenvalue weighted by Gasteiger charge is 2.21. The summed E-state index contributed by atoms with van der Waals surface area (Å²) >= 11 is 3.47. The van der Waals surface area contributed by atoms with Gasteiger partial charge in [0.2, 0.25) is 0 Å². The second-order valence-electron chi connectivity index (χ2n) is 3.98. The number of nitrogens with zero attached hydrogens (tertiary/aromatic N) is 2. The molecule has 0 aliphatic carbocycles. The molecule has 1 aromatic rings. The summed E-state index contributed by atoms with van der Waals surface area (Å²) in [5.74, 6) is 1.12. The van der Waals surface area contributed by atoms with E-state index in [9.17, 15) is 0 Å². The SMILES string of the molecule is Cc1cc(N2CCCC2C)ncc1Br. The van der Waals surface area contributed by atoms with Crippen molar-refractivity contribution in [2.75, 3.05) is 11.4 Å². The fourth-order valence-corrected chi connectivity index (χ4v) is 2.17. The number of pyridine rings is 1. The van der Waals surface area contributed by atoms with Gasteiger partial charge >= 0.3 is 0 Å². The zero-order valence-electron chi connectivity index (χ0n) is 8.63. The van der Waals surface area contributed by atoms with E-state index in [1.165, 1.54) is 18.4 Å². The van der Waals surface area contributed by atoms with E-state index < -0.39 is 0 Å². The van der Waals surface area contributed by atoms with Crippen LogP contribution in [0.15, 0.2) is 16.7 Å². The lowest BCUT2D eigenvalue weighted by atomic mass is 10.2. The van der Waals surface area contributed by atoms with E-state index in [2.05, 4.69) is 45.7 Å². The predicted octanol–water partition coefficient (Wildman–Crippen LogP) is 3.14. The molecule has 0 spiro atoms. The van der Waals surface area contributed by atoms with Crippen molar-refractivity contribution in [3.05, 3.63) is 22.3 Å². The Morgan fingerprint density at radius 1 is 1.57 bits per heavy atom. The Bertz CT molecular complexity index is 338. The molecule has 1 unspecified atom stereocenters. The highest BCUT2D eigenvalue weighted by molar-refractivity contribution is 9.10. The summed E-state index contributed by atoms with van der Waals surface area (Å²) < 4.78 is 1.09. The quantitative estimate of drug-likeness (QED) is 0.766. The number of halogens is 1. The number of hydrogen-bond donors (Lipinski definition) is 0. The Morgan fingerprint density at radius 2 is 2.36 bits per heavy atom. The van der Waals surface area contributed by atoms with E-state index in [0.29, 0.717) is 6.04 Å². The molecule has 14 heavy (non-hydrogen) atoms. The molecular weight excluding hydrogens is 240 g/mol. The molecule has 2 heterocycles. The zero-order valence-corrected chi connectivity index (χ0v) is 10.2. The number of hydrogen-bond acceptors (Lipinski definition) is 2. The first-order valence-electron chi connectivity index (χ1n) is 5.07. The van der Waals surface area contributed by atoms with Gasteiger partial charge in [0.15, 0.2) is 0 Å². The lowest BCUT2D eigenvalue weighted by molar-refractivity contribution is 0.727. The van der Waals surface area contributed by atoms with E-state index in [-0.39, 0.29) is 0 Å². The number of aryl methyl sites for hydroxylation is 1. The zero-order chi connectivity index (χ0) is 10.1. The fraction of sp³-hybridized carbons (Fsp3) is 0.545. The minimum atomic E-state index is 0.642. The second kappa shape index (κ2) is 3.89. The van der Waals surface area contributed by atoms with Crippen molar-refractivity contribution >= 4 is 21.7 Å². The van der Waals surface area contributed by atoms with Crippen molar-refractivity contribution in [2.24, 2.45) is 0 Å². The molecule has 76 valence electrons. The van der Waals surface area contributed by atoms with Crippen LogP contribution in [0, 0.1) is 6.92 Å². The smallest absolute Gasteiger partial charge is 0.129 e. The largest absolute Gasteiger partial charge is 0.354 e. The summed E-state index contributed by atoms with van der Waals surface area (Å²) in [6.07, 6.45) is 4.48. The second-order valence-corrected chi connectivity index (χ2v) is 4.83. The van der Waals surface area contributed by atoms with Crippen LogP contribution in [0.3, 0.4) is 0 Å². The van der Waals surface area contributed by atoms with Crippen LogP contribution in [0.1, 0.15) is 25.3 Å². The maximum absolute atomic E-state index is 4.45. The van der Waals surface area contributed by atoms with Crippen molar-refractivity contribution in [1.29, 1.82) is 0 Å². The van der Waals surface area contributed by atoms with Gasteiger partial charge in [0, 0.05) is 23.3 Å². The van der Waals surface area contributed by atoms with Gasteiger partial charge in [0.1, 0.15) is 5.82 Å². The van der Waals surface area contributed by atoms with Gasteiger partial charge < -0.3 is 4.90 Å². The third-order valence-corrected chi connectivity index (χ3v) is 3.71. The van der Waals surface area contributed by atoms with Gasteiger partial charge in [-0.3, -0.25) is 0 Å². The molecule has 1 aromatic heterocycles. The summed E-state index contributed by atoms with van der Waals surface area (Å²) in [6.45, 7) is 5.53. The van der Waals surface area contributed by atoms with E-state index >= 15 is 0 Å². The number of rotatable bonds is 1. The molecule has 0 aromatic carbocycles. The highest BCUT2D eigenvalue weighted by atomic mass is 79.9. The third kappa shape index (κ3) is 1.78. The van der Waals surface area contributed by atoms with Crippen LogP contribution < -0.4 is 4.90 Å². The maximum atomic E-state index is 4.45. The van der Waals surface area contributed by atoms with Crippen LogP contribution in [0.4, 0.5) is 5.82 Å². The average Bonchev–Trinajstić information content (AvgIpc) is 2.57. The van der Waals surface area contributed by atoms with Crippen molar-refractivity contribution in [3.8, 4) is 0 Å². The summed E-state index contributed by atoms with van der Waals surface area (Å²) in [7, 11) is 0. The molecule has 3 heteroatoms. The van der Waals surface area contributed by atoms with E-state index in [4.69, 9.17) is 0 Å². The molecule has 0 N–H and O–H groups in total. The normalized spacial score (nSPS) is 21.6. The molecule has 1 fully saturated rings. The first kappa shape index (κ1) is 9.97. The van der Waals surface area contributed by atoms with E-state index in [0.717, 1.165) is 16.8 Å². The minimum absolute atomic E-state index is 0.642. The van der Waals surface area contributed by atoms with Crippen LogP contribution in [-0.2, 0) is 0 Å². The molecule has 1 aliphatic rings. The molecule has 0 saturated carbocycles. The Labute approximate surface area is 93.5 Å². The summed E-state index contributed by atoms with van der Waals surface area (Å²) in [4.78, 5) is 6.84. The maximum Gasteiger partial charge on any atom is 0.129 e. The molecule has 0 bridgehead atoms. The van der Waals surface area contributed by atoms with Gasteiger partial charge in [-0.05, 0) is 54.2 Å². The van der Waals surface area contributed by atoms with Crippen LogP contribution in [0.2, 0.25) is 0 Å². The standard InChI is InChI=1S/C11H15BrN2/c1-8-6-11(13-7-10(8)12)14-5-3-4-9(14)2/h6-7,9H,3-5H2,1-2H3. The Balaban J connectivity index is 2.28. The molecule has 1 saturated heterocycles. The van der Waals surface area contributed by atoms with E-state index in [1.807, 2.05) is 6.20 Å². The Hall–Kier alpha value is -0.570. The van der Waals surface area contributed by atoms with Gasteiger partial charge in [-0.1, -0.05) is 0 Å². The molecule has 1 atom stereocenters. The molecule has 2 rings (SSSR count).